The zero-order valence-electron chi connectivity index (χ0n) is 12.2. The van der Waals surface area contributed by atoms with Crippen molar-refractivity contribution in [3.63, 3.8) is 0 Å². The summed E-state index contributed by atoms with van der Waals surface area (Å²) in [6.07, 6.45) is 0. The van der Waals surface area contributed by atoms with Gasteiger partial charge in [0.05, 0.1) is 6.54 Å². The highest BCUT2D eigenvalue weighted by atomic mass is 32.2. The van der Waals surface area contributed by atoms with Crippen LogP contribution in [0.3, 0.4) is 0 Å². The standard InChI is InChI=1S/C15H22N2O2S/c1-15(2,3)14(19)17-11-13(18)16-9-10-20-12-7-5-4-6-8-12/h4-8H,9-11H2,1-3H3,(H,16,18)(H,17,19). The third-order valence-electron chi connectivity index (χ3n) is 2.53. The van der Waals surface area contributed by atoms with Crippen LogP contribution in [0.5, 0.6) is 0 Å². The second-order valence-electron chi connectivity index (χ2n) is 5.44. The molecule has 4 nitrogen and oxygen atoms in total. The fourth-order valence-corrected chi connectivity index (χ4v) is 2.15. The smallest absolute Gasteiger partial charge is 0.239 e. The Labute approximate surface area is 124 Å². The van der Waals surface area contributed by atoms with E-state index in [1.54, 1.807) is 11.8 Å². The lowest BCUT2D eigenvalue weighted by Gasteiger charge is -2.17. The van der Waals surface area contributed by atoms with Crippen LogP contribution in [0.1, 0.15) is 20.8 Å². The van der Waals surface area contributed by atoms with Crippen LogP contribution in [0.25, 0.3) is 0 Å². The minimum atomic E-state index is -0.469. The lowest BCUT2D eigenvalue weighted by atomic mass is 9.96. The summed E-state index contributed by atoms with van der Waals surface area (Å²) >= 11 is 1.69. The molecule has 0 aliphatic carbocycles. The van der Waals surface area contributed by atoms with Crippen molar-refractivity contribution in [1.82, 2.24) is 10.6 Å². The van der Waals surface area contributed by atoms with Gasteiger partial charge in [-0.05, 0) is 12.1 Å². The second kappa shape index (κ2) is 7.94. The average molecular weight is 294 g/mol. The van der Waals surface area contributed by atoms with Crippen molar-refractivity contribution >= 4 is 23.6 Å². The van der Waals surface area contributed by atoms with E-state index in [1.807, 2.05) is 51.1 Å². The molecule has 0 atom stereocenters. The molecule has 0 bridgehead atoms. The van der Waals surface area contributed by atoms with Gasteiger partial charge in [0.1, 0.15) is 0 Å². The van der Waals surface area contributed by atoms with E-state index < -0.39 is 5.41 Å². The molecule has 0 radical (unpaired) electrons. The Morgan fingerprint density at radius 1 is 1.10 bits per heavy atom. The van der Waals surface area contributed by atoms with E-state index in [0.717, 1.165) is 5.75 Å². The van der Waals surface area contributed by atoms with Gasteiger partial charge >= 0.3 is 0 Å². The van der Waals surface area contributed by atoms with Gasteiger partial charge in [0, 0.05) is 22.6 Å². The Morgan fingerprint density at radius 2 is 1.75 bits per heavy atom. The predicted octanol–water partition coefficient (Wildman–Crippen LogP) is 2.06. The molecule has 0 unspecified atom stereocenters. The first-order valence-electron chi connectivity index (χ1n) is 6.62. The lowest BCUT2D eigenvalue weighted by molar-refractivity contribution is -0.131. The van der Waals surface area contributed by atoms with E-state index >= 15 is 0 Å². The Balaban J connectivity index is 2.13. The number of carbonyl (C=O) groups is 2. The van der Waals surface area contributed by atoms with Crippen LogP contribution in [-0.4, -0.2) is 30.7 Å². The van der Waals surface area contributed by atoms with Crippen LogP contribution in [0, 0.1) is 5.41 Å². The molecule has 2 N–H and O–H groups in total. The minimum Gasteiger partial charge on any atom is -0.354 e. The number of rotatable bonds is 6. The summed E-state index contributed by atoms with van der Waals surface area (Å²) in [6.45, 7) is 6.07. The van der Waals surface area contributed by atoms with E-state index in [0.29, 0.717) is 6.54 Å². The monoisotopic (exact) mass is 294 g/mol. The Morgan fingerprint density at radius 3 is 2.35 bits per heavy atom. The molecule has 0 heterocycles. The number of benzene rings is 1. The van der Waals surface area contributed by atoms with Crippen molar-refractivity contribution in [3.8, 4) is 0 Å². The van der Waals surface area contributed by atoms with E-state index in [-0.39, 0.29) is 18.4 Å². The summed E-state index contributed by atoms with van der Waals surface area (Å²) in [5.41, 5.74) is -0.469. The number of nitrogens with one attached hydrogen (secondary N) is 2. The second-order valence-corrected chi connectivity index (χ2v) is 6.61. The third-order valence-corrected chi connectivity index (χ3v) is 3.54. The molecule has 0 aliphatic rings. The Hall–Kier alpha value is -1.49. The first kappa shape index (κ1) is 16.6. The largest absolute Gasteiger partial charge is 0.354 e. The molecule has 1 rings (SSSR count). The van der Waals surface area contributed by atoms with Gasteiger partial charge in [-0.15, -0.1) is 11.8 Å². The van der Waals surface area contributed by atoms with Crippen LogP contribution < -0.4 is 10.6 Å². The molecule has 110 valence electrons. The molecular weight excluding hydrogens is 272 g/mol. The lowest BCUT2D eigenvalue weighted by Crippen LogP contribution is -2.42. The van der Waals surface area contributed by atoms with E-state index in [2.05, 4.69) is 10.6 Å². The van der Waals surface area contributed by atoms with Gasteiger partial charge in [-0.1, -0.05) is 39.0 Å². The number of amides is 2. The van der Waals surface area contributed by atoms with Gasteiger partial charge in [-0.3, -0.25) is 9.59 Å². The van der Waals surface area contributed by atoms with Crippen molar-refractivity contribution in [1.29, 1.82) is 0 Å². The maximum absolute atomic E-state index is 11.6. The summed E-state index contributed by atoms with van der Waals surface area (Å²) in [7, 11) is 0. The summed E-state index contributed by atoms with van der Waals surface area (Å²) in [5.74, 6) is 0.533. The predicted molar refractivity (Wildman–Crippen MR) is 82.6 cm³/mol. The fourth-order valence-electron chi connectivity index (χ4n) is 1.36. The normalized spacial score (nSPS) is 10.9. The number of hydrogen-bond donors (Lipinski definition) is 2. The van der Waals surface area contributed by atoms with Crippen LogP contribution in [0.4, 0.5) is 0 Å². The summed E-state index contributed by atoms with van der Waals surface area (Å²) < 4.78 is 0. The zero-order valence-corrected chi connectivity index (χ0v) is 13.0. The highest BCUT2D eigenvalue weighted by Crippen LogP contribution is 2.15. The number of thioether (sulfide) groups is 1. The van der Waals surface area contributed by atoms with Crippen molar-refractivity contribution in [3.05, 3.63) is 30.3 Å². The molecule has 5 heteroatoms. The molecule has 0 fully saturated rings. The van der Waals surface area contributed by atoms with Crippen LogP contribution in [0.15, 0.2) is 35.2 Å². The zero-order chi connectivity index (χ0) is 15.0. The molecule has 0 aliphatic heterocycles. The van der Waals surface area contributed by atoms with Crippen molar-refractivity contribution in [2.75, 3.05) is 18.8 Å². The van der Waals surface area contributed by atoms with Gasteiger partial charge in [-0.2, -0.15) is 0 Å². The SMILES string of the molecule is CC(C)(C)C(=O)NCC(=O)NCCSc1ccccc1. The maximum atomic E-state index is 11.6. The molecule has 1 aromatic rings. The summed E-state index contributed by atoms with van der Waals surface area (Å²) in [6, 6.07) is 10.0. The average Bonchev–Trinajstić information content (AvgIpc) is 2.41. The molecular formula is C15H22N2O2S. The highest BCUT2D eigenvalue weighted by Gasteiger charge is 2.21. The minimum absolute atomic E-state index is 0.0338. The van der Waals surface area contributed by atoms with Crippen molar-refractivity contribution in [2.24, 2.45) is 5.41 Å². The van der Waals surface area contributed by atoms with E-state index in [9.17, 15) is 9.59 Å². The summed E-state index contributed by atoms with van der Waals surface area (Å²) in [5, 5.41) is 5.41. The van der Waals surface area contributed by atoms with Crippen LogP contribution in [-0.2, 0) is 9.59 Å². The van der Waals surface area contributed by atoms with Gasteiger partial charge in [-0.25, -0.2) is 0 Å². The molecule has 0 saturated heterocycles. The van der Waals surface area contributed by atoms with Crippen LogP contribution in [0.2, 0.25) is 0 Å². The third kappa shape index (κ3) is 6.61. The van der Waals surface area contributed by atoms with Gasteiger partial charge in [0.15, 0.2) is 0 Å². The number of hydrogen-bond acceptors (Lipinski definition) is 3. The Bertz CT molecular complexity index is 441. The molecule has 20 heavy (non-hydrogen) atoms. The molecule has 0 spiro atoms. The van der Waals surface area contributed by atoms with E-state index in [4.69, 9.17) is 0 Å². The topological polar surface area (TPSA) is 58.2 Å². The molecule has 2 amide bonds. The van der Waals surface area contributed by atoms with Gasteiger partial charge < -0.3 is 10.6 Å². The van der Waals surface area contributed by atoms with Crippen molar-refractivity contribution in [2.45, 2.75) is 25.7 Å². The first-order valence-corrected chi connectivity index (χ1v) is 7.61. The van der Waals surface area contributed by atoms with Crippen LogP contribution >= 0.6 is 11.8 Å². The molecule has 1 aromatic carbocycles. The first-order chi connectivity index (χ1) is 9.39. The maximum Gasteiger partial charge on any atom is 0.239 e. The van der Waals surface area contributed by atoms with Gasteiger partial charge in [0.2, 0.25) is 11.8 Å². The number of carbonyl (C=O) groups excluding carboxylic acids is 2. The highest BCUT2D eigenvalue weighted by molar-refractivity contribution is 7.99. The van der Waals surface area contributed by atoms with E-state index in [1.165, 1.54) is 4.90 Å². The fraction of sp³-hybridized carbons (Fsp3) is 0.467. The van der Waals surface area contributed by atoms with Gasteiger partial charge in [0.25, 0.3) is 0 Å². The van der Waals surface area contributed by atoms with Crippen molar-refractivity contribution < 1.29 is 9.59 Å². The Kier molecular flexibility index (Phi) is 6.58. The molecule has 0 aromatic heterocycles. The molecule has 0 saturated carbocycles. The quantitative estimate of drug-likeness (QED) is 0.623. The summed E-state index contributed by atoms with van der Waals surface area (Å²) in [4.78, 5) is 24.3.